The summed E-state index contributed by atoms with van der Waals surface area (Å²) in [6.45, 7) is 14.0. The second-order valence-electron chi connectivity index (χ2n) is 23.6. The van der Waals surface area contributed by atoms with Crippen LogP contribution in [0.3, 0.4) is 0 Å². The summed E-state index contributed by atoms with van der Waals surface area (Å²) in [5.74, 6) is 4.18. The molecule has 2 aliphatic rings. The topological polar surface area (TPSA) is 173 Å². The minimum Gasteiger partial charge on any atom is -0.489 e. The van der Waals surface area contributed by atoms with E-state index >= 15 is 0 Å². The van der Waals surface area contributed by atoms with Gasteiger partial charge in [0, 0.05) is 43.9 Å². The first-order valence-corrected chi connectivity index (χ1v) is 32.6. The Morgan fingerprint density at radius 2 is 0.814 bits per heavy atom. The van der Waals surface area contributed by atoms with Crippen molar-refractivity contribution in [1.29, 1.82) is 0 Å². The number of benzene rings is 10. The number of amides is 2. The van der Waals surface area contributed by atoms with Crippen molar-refractivity contribution >= 4 is 36.1 Å². The van der Waals surface area contributed by atoms with Crippen molar-refractivity contribution < 1.29 is 57.1 Å². The summed E-state index contributed by atoms with van der Waals surface area (Å²) in [5, 5.41) is 5.95. The molecular weight excluding hydrogens is 1220 g/mol. The van der Waals surface area contributed by atoms with Crippen LogP contribution in [-0.2, 0) is 45.1 Å². The van der Waals surface area contributed by atoms with Crippen LogP contribution in [0.15, 0.2) is 231 Å². The van der Waals surface area contributed by atoms with Gasteiger partial charge in [0.1, 0.15) is 47.7 Å². The number of carbonyl (C=O) groups is 4. The number of hydrogen-bond donors (Lipinski definition) is 2. The van der Waals surface area contributed by atoms with E-state index in [1.165, 1.54) is 0 Å². The Labute approximate surface area is 566 Å². The van der Waals surface area contributed by atoms with Crippen molar-refractivity contribution in [1.82, 2.24) is 9.80 Å². The number of aryl methyl sites for hydroxylation is 3. The molecule has 0 saturated carbocycles. The van der Waals surface area contributed by atoms with Crippen LogP contribution in [-0.4, -0.2) is 100 Å². The molecule has 0 unspecified atom stereocenters. The minimum absolute atomic E-state index is 0.263. The smallest absolute Gasteiger partial charge is 0.298 e. The van der Waals surface area contributed by atoms with E-state index in [1.807, 2.05) is 184 Å². The molecule has 2 fully saturated rings. The van der Waals surface area contributed by atoms with Gasteiger partial charge in [-0.15, -0.1) is 0 Å². The molecule has 0 aliphatic carbocycles. The Hall–Kier alpha value is -10.9. The zero-order chi connectivity index (χ0) is 67.0. The molecule has 2 amide bonds. The maximum atomic E-state index is 13.4. The zero-order valence-corrected chi connectivity index (χ0v) is 54.5. The third kappa shape index (κ3) is 19.9. The summed E-state index contributed by atoms with van der Waals surface area (Å²) in [4.78, 5) is 54.8. The molecular formula is C81H78N4O12. The maximum Gasteiger partial charge on any atom is 0.298 e. The minimum atomic E-state index is -0.332. The van der Waals surface area contributed by atoms with Crippen molar-refractivity contribution in [2.45, 2.75) is 46.3 Å². The third-order valence-electron chi connectivity index (χ3n) is 16.6. The molecule has 2 saturated heterocycles. The maximum absolute atomic E-state index is 13.4. The molecule has 16 heteroatoms. The molecule has 2 N–H and O–H groups in total. The summed E-state index contributed by atoms with van der Waals surface area (Å²) in [5.41, 5.74) is 11.9. The number of carbonyl (C=O) groups excluding carboxylic acids is 4. The predicted molar refractivity (Wildman–Crippen MR) is 377 cm³/mol. The van der Waals surface area contributed by atoms with Gasteiger partial charge in [0.25, 0.3) is 24.8 Å². The van der Waals surface area contributed by atoms with Gasteiger partial charge in [-0.3, -0.25) is 29.0 Å². The number of hydrogen-bond acceptors (Lipinski definition) is 14. The fraction of sp³-hybridized carbons (Fsp3) is 0.210. The van der Waals surface area contributed by atoms with Crippen LogP contribution < -0.4 is 39.1 Å². The second kappa shape index (κ2) is 34.5. The molecule has 10 aromatic rings. The molecule has 0 radical (unpaired) electrons. The Kier molecular flexibility index (Phi) is 24.0. The highest BCUT2D eigenvalue weighted by Crippen LogP contribution is 2.38. The van der Waals surface area contributed by atoms with E-state index in [0.717, 1.165) is 139 Å². The Morgan fingerprint density at radius 3 is 1.23 bits per heavy atom. The molecule has 10 aromatic carbocycles. The van der Waals surface area contributed by atoms with Crippen molar-refractivity contribution in [2.75, 3.05) is 76.3 Å². The molecule has 0 spiro atoms. The lowest BCUT2D eigenvalue weighted by Crippen LogP contribution is -2.37. The van der Waals surface area contributed by atoms with E-state index in [2.05, 4.69) is 32.6 Å². The highest BCUT2D eigenvalue weighted by atomic mass is 16.5. The fourth-order valence-corrected chi connectivity index (χ4v) is 11.4. The van der Waals surface area contributed by atoms with Crippen LogP contribution in [0.1, 0.15) is 60.5 Å². The van der Waals surface area contributed by atoms with Gasteiger partial charge in [-0.25, -0.2) is 0 Å². The molecule has 97 heavy (non-hydrogen) atoms. The van der Waals surface area contributed by atoms with E-state index in [4.69, 9.17) is 37.9 Å². The summed E-state index contributed by atoms with van der Waals surface area (Å²) >= 11 is 0. The van der Waals surface area contributed by atoms with Gasteiger partial charge < -0.3 is 48.5 Å². The highest BCUT2D eigenvalue weighted by molar-refractivity contribution is 6.06. The largest absolute Gasteiger partial charge is 0.489 e. The van der Waals surface area contributed by atoms with Gasteiger partial charge in [0.2, 0.25) is 0 Å². The molecule has 16 nitrogen and oxygen atoms in total. The van der Waals surface area contributed by atoms with Gasteiger partial charge in [0.15, 0.2) is 11.5 Å². The lowest BCUT2D eigenvalue weighted by Gasteiger charge is -2.27. The number of anilines is 2. The highest BCUT2D eigenvalue weighted by Gasteiger charge is 2.21. The summed E-state index contributed by atoms with van der Waals surface area (Å²) in [7, 11) is 0. The lowest BCUT2D eigenvalue weighted by atomic mass is 9.94. The van der Waals surface area contributed by atoms with E-state index < -0.39 is 0 Å². The average molecular weight is 1300 g/mol. The number of para-hydroxylation sites is 2. The molecule has 2 heterocycles. The number of morpholine rings is 2. The van der Waals surface area contributed by atoms with E-state index in [9.17, 15) is 19.2 Å². The third-order valence-corrected chi connectivity index (χ3v) is 16.6. The van der Waals surface area contributed by atoms with Crippen LogP contribution in [0.4, 0.5) is 11.4 Å². The Morgan fingerprint density at radius 1 is 0.423 bits per heavy atom. The SMILES string of the molecule is Cc1cccc(OCc2ccc(-c3cc(OC=O)c(NC(=O)c4ccc(Oc5ccccc5)cc4)cc3CCCN3CCOCC3)cc2)c1.Cc1cccc(OCc2ccc(-c3cc(OC=O)c(NC(=O)c4ccc(Oc5ccccc5)cc4)cc3CCN3CCOCC3)cc2)c1. The first-order chi connectivity index (χ1) is 47.6. The van der Waals surface area contributed by atoms with Gasteiger partial charge in [-0.05, 0) is 217 Å². The Balaban J connectivity index is 0.000000197. The number of nitrogens with one attached hydrogen (secondary N) is 2. The molecule has 494 valence electrons. The van der Waals surface area contributed by atoms with Crippen LogP contribution in [0.2, 0.25) is 0 Å². The zero-order valence-electron chi connectivity index (χ0n) is 54.5. The first-order valence-electron chi connectivity index (χ1n) is 32.6. The van der Waals surface area contributed by atoms with Gasteiger partial charge >= 0.3 is 0 Å². The van der Waals surface area contributed by atoms with E-state index in [0.29, 0.717) is 84.9 Å². The number of rotatable bonds is 27. The van der Waals surface area contributed by atoms with Crippen molar-refractivity contribution in [3.63, 3.8) is 0 Å². The fourth-order valence-electron chi connectivity index (χ4n) is 11.4. The average Bonchev–Trinajstić information content (AvgIpc) is 0.842. The van der Waals surface area contributed by atoms with Crippen LogP contribution in [0, 0.1) is 13.8 Å². The standard InChI is InChI=1S/C41H40N2O6.C40H38N2O6/c1-30-7-5-11-37(25-30)47-28-31-12-14-32(15-13-31)38-27-40(48-29-44)39(26-34(38)8-6-20-43-21-23-46-24-22-43)42-41(45)33-16-18-36(19-17-33)49-35-9-3-2-4-10-35;1-29-6-5-9-36(24-29)46-27-30-10-12-31(13-11-30)37-26-39(47-28-43)38(25-33(37)18-19-42-20-22-45-23-21-42)41-40(44)32-14-16-35(17-15-32)48-34-7-3-2-4-8-34/h2-5,7,9-19,25-27,29H,6,8,20-24,28H2,1H3,(H,42,45);2-17,24-26,28H,18-23,27H2,1H3,(H,41,44). The first kappa shape index (κ1) is 67.5. The Bertz CT molecular complexity index is 4200. The van der Waals surface area contributed by atoms with Crippen molar-refractivity contribution in [2.24, 2.45) is 0 Å². The summed E-state index contributed by atoms with van der Waals surface area (Å²) in [6, 6.07) is 72.6. The summed E-state index contributed by atoms with van der Waals surface area (Å²) < 4.78 is 45.7. The molecule has 2 aliphatic heterocycles. The molecule has 0 bridgehead atoms. The van der Waals surface area contributed by atoms with Gasteiger partial charge in [-0.2, -0.15) is 0 Å². The number of nitrogens with zero attached hydrogens (tertiary/aromatic N) is 2. The van der Waals surface area contributed by atoms with Crippen LogP contribution in [0.25, 0.3) is 22.3 Å². The normalized spacial score (nSPS) is 13.0. The van der Waals surface area contributed by atoms with E-state index in [-0.39, 0.29) is 23.3 Å². The van der Waals surface area contributed by atoms with Gasteiger partial charge in [-0.1, -0.05) is 109 Å². The lowest BCUT2D eigenvalue weighted by molar-refractivity contribution is -0.121. The van der Waals surface area contributed by atoms with Crippen LogP contribution in [0.5, 0.6) is 46.0 Å². The molecule has 12 rings (SSSR count). The quantitative estimate of drug-likeness (QED) is 0.0466. The van der Waals surface area contributed by atoms with Crippen molar-refractivity contribution in [3.05, 3.63) is 275 Å². The second-order valence-corrected chi connectivity index (χ2v) is 23.6. The van der Waals surface area contributed by atoms with Crippen molar-refractivity contribution in [3.8, 4) is 68.2 Å². The van der Waals surface area contributed by atoms with Gasteiger partial charge in [0.05, 0.1) is 37.8 Å². The molecule has 0 atom stereocenters. The van der Waals surface area contributed by atoms with Crippen LogP contribution >= 0.6 is 0 Å². The monoisotopic (exact) mass is 1300 g/mol. The number of ether oxygens (including phenoxy) is 8. The predicted octanol–water partition coefficient (Wildman–Crippen LogP) is 15.8. The molecule has 0 aromatic heterocycles. The van der Waals surface area contributed by atoms with E-state index in [1.54, 1.807) is 48.5 Å². The summed E-state index contributed by atoms with van der Waals surface area (Å²) in [6.07, 6.45) is 2.41.